The van der Waals surface area contributed by atoms with Crippen molar-refractivity contribution >= 4 is 23.2 Å². The van der Waals surface area contributed by atoms with Gasteiger partial charge in [0.2, 0.25) is 0 Å². The molecule has 130 valence electrons. The average molecular weight is 370 g/mol. The van der Waals surface area contributed by atoms with Crippen LogP contribution in [0.4, 0.5) is 0 Å². The van der Waals surface area contributed by atoms with Crippen molar-refractivity contribution in [3.8, 4) is 5.75 Å². The molecule has 2 rings (SSSR count). The summed E-state index contributed by atoms with van der Waals surface area (Å²) in [6, 6.07) is 13.3. The first-order valence-corrected chi connectivity index (χ1v) is 8.49. The van der Waals surface area contributed by atoms with E-state index < -0.39 is 0 Å². The minimum Gasteiger partial charge on any atom is -0.489 e. The number of benzene rings is 2. The molecule has 0 aliphatic rings. The van der Waals surface area contributed by atoms with Crippen molar-refractivity contribution in [2.24, 2.45) is 0 Å². The molecule has 0 amide bonds. The van der Waals surface area contributed by atoms with Crippen molar-refractivity contribution in [3.05, 3.63) is 63.6 Å². The van der Waals surface area contributed by atoms with Crippen LogP contribution in [0.3, 0.4) is 0 Å². The van der Waals surface area contributed by atoms with Gasteiger partial charge in [0.15, 0.2) is 0 Å². The topological polar surface area (TPSA) is 50.7 Å². The first kappa shape index (κ1) is 19.0. The highest BCUT2D eigenvalue weighted by Crippen LogP contribution is 2.22. The maximum absolute atomic E-state index is 8.60. The monoisotopic (exact) mass is 369 g/mol. The van der Waals surface area contributed by atoms with Gasteiger partial charge in [0.1, 0.15) is 12.4 Å². The van der Waals surface area contributed by atoms with Crippen LogP contribution in [0.1, 0.15) is 11.1 Å². The number of rotatable bonds is 10. The van der Waals surface area contributed by atoms with Gasteiger partial charge in [0.25, 0.3) is 0 Å². The van der Waals surface area contributed by atoms with Crippen molar-refractivity contribution in [1.82, 2.24) is 5.32 Å². The van der Waals surface area contributed by atoms with Crippen LogP contribution in [0, 0.1) is 0 Å². The van der Waals surface area contributed by atoms with Gasteiger partial charge in [-0.1, -0.05) is 41.4 Å². The lowest BCUT2D eigenvalue weighted by atomic mass is 10.2. The molecule has 0 saturated heterocycles. The minimum atomic E-state index is 0.0582. The van der Waals surface area contributed by atoms with Crippen LogP contribution in [0.2, 0.25) is 10.0 Å². The summed E-state index contributed by atoms with van der Waals surface area (Å²) in [6.45, 7) is 2.92. The molecule has 0 spiro atoms. The van der Waals surface area contributed by atoms with Gasteiger partial charge in [-0.05, 0) is 29.8 Å². The number of aliphatic hydroxyl groups excluding tert-OH is 1. The fourth-order valence-electron chi connectivity index (χ4n) is 2.05. The molecular formula is C18H21Cl2NO3. The predicted molar refractivity (Wildman–Crippen MR) is 96.8 cm³/mol. The van der Waals surface area contributed by atoms with E-state index in [0.717, 1.165) is 30.0 Å². The minimum absolute atomic E-state index is 0.0582. The average Bonchev–Trinajstić information content (AvgIpc) is 2.58. The second kappa shape index (κ2) is 10.5. The van der Waals surface area contributed by atoms with Crippen LogP contribution >= 0.6 is 23.2 Å². The zero-order valence-corrected chi connectivity index (χ0v) is 14.8. The fraction of sp³-hybridized carbons (Fsp3) is 0.333. The summed E-state index contributed by atoms with van der Waals surface area (Å²) >= 11 is 12.0. The highest BCUT2D eigenvalue weighted by Gasteiger charge is 2.03. The van der Waals surface area contributed by atoms with Crippen molar-refractivity contribution in [2.75, 3.05) is 26.4 Å². The molecule has 2 aromatic rings. The molecule has 0 unspecified atom stereocenters. The third-order valence-electron chi connectivity index (χ3n) is 3.32. The second-order valence-electron chi connectivity index (χ2n) is 5.18. The largest absolute Gasteiger partial charge is 0.489 e. The molecule has 2 aromatic carbocycles. The molecule has 0 aromatic heterocycles. The van der Waals surface area contributed by atoms with E-state index >= 15 is 0 Å². The fourth-order valence-corrected chi connectivity index (χ4v) is 2.51. The van der Waals surface area contributed by atoms with Gasteiger partial charge in [-0.2, -0.15) is 0 Å². The molecule has 0 bridgehead atoms. The maximum Gasteiger partial charge on any atom is 0.119 e. The summed E-state index contributed by atoms with van der Waals surface area (Å²) in [5.74, 6) is 0.788. The Morgan fingerprint density at radius 3 is 2.50 bits per heavy atom. The zero-order chi connectivity index (χ0) is 17.2. The van der Waals surface area contributed by atoms with Gasteiger partial charge < -0.3 is 19.9 Å². The Balaban J connectivity index is 1.73. The molecule has 0 fully saturated rings. The highest BCUT2D eigenvalue weighted by molar-refractivity contribution is 6.35. The molecular weight excluding hydrogens is 349 g/mol. The van der Waals surface area contributed by atoms with Gasteiger partial charge in [-0.3, -0.25) is 0 Å². The molecule has 0 saturated carbocycles. The molecule has 6 heteroatoms. The molecule has 4 nitrogen and oxygen atoms in total. The van der Waals surface area contributed by atoms with Crippen molar-refractivity contribution in [2.45, 2.75) is 13.2 Å². The van der Waals surface area contributed by atoms with Crippen LogP contribution in [0.15, 0.2) is 42.5 Å². The second-order valence-corrected chi connectivity index (χ2v) is 6.02. The van der Waals surface area contributed by atoms with Gasteiger partial charge in [0.05, 0.1) is 19.8 Å². The van der Waals surface area contributed by atoms with Crippen molar-refractivity contribution < 1.29 is 14.6 Å². The third kappa shape index (κ3) is 6.67. The van der Waals surface area contributed by atoms with Gasteiger partial charge in [-0.15, -0.1) is 0 Å². The normalized spacial score (nSPS) is 10.8. The highest BCUT2D eigenvalue weighted by atomic mass is 35.5. The first-order valence-electron chi connectivity index (χ1n) is 7.74. The van der Waals surface area contributed by atoms with Gasteiger partial charge in [0, 0.05) is 28.7 Å². The summed E-state index contributed by atoms with van der Waals surface area (Å²) in [4.78, 5) is 0. The summed E-state index contributed by atoms with van der Waals surface area (Å²) in [6.07, 6.45) is 0. The van der Waals surface area contributed by atoms with E-state index in [1.165, 1.54) is 0 Å². The molecule has 0 radical (unpaired) electrons. The molecule has 2 N–H and O–H groups in total. The van der Waals surface area contributed by atoms with E-state index in [2.05, 4.69) is 5.32 Å². The number of nitrogens with one attached hydrogen (secondary N) is 1. The zero-order valence-electron chi connectivity index (χ0n) is 13.3. The van der Waals surface area contributed by atoms with Crippen LogP contribution in [0.5, 0.6) is 5.75 Å². The Morgan fingerprint density at radius 2 is 1.79 bits per heavy atom. The van der Waals surface area contributed by atoms with E-state index in [9.17, 15) is 0 Å². The van der Waals surface area contributed by atoms with Gasteiger partial charge in [-0.25, -0.2) is 0 Å². The Morgan fingerprint density at radius 1 is 1.00 bits per heavy atom. The van der Waals surface area contributed by atoms with Crippen LogP contribution in [-0.2, 0) is 17.9 Å². The van der Waals surface area contributed by atoms with E-state index in [1.807, 2.05) is 30.3 Å². The standard InChI is InChI=1S/C18H21Cl2NO3/c19-16-4-3-15(18(20)11-16)13-24-17-5-1-14(2-6-17)12-21-7-9-23-10-8-22/h1-6,11,21-22H,7-10,12-13H2. The van der Waals surface area contributed by atoms with E-state index in [0.29, 0.717) is 29.9 Å². The smallest absolute Gasteiger partial charge is 0.119 e. The summed E-state index contributed by atoms with van der Waals surface area (Å²) < 4.78 is 10.9. The number of aliphatic hydroxyl groups is 1. The quantitative estimate of drug-likeness (QED) is 0.627. The number of hydrogen-bond acceptors (Lipinski definition) is 4. The first-order chi connectivity index (χ1) is 11.7. The Bertz CT molecular complexity index is 620. The number of hydrogen-bond donors (Lipinski definition) is 2. The van der Waals surface area contributed by atoms with Crippen molar-refractivity contribution in [1.29, 1.82) is 0 Å². The summed E-state index contributed by atoms with van der Waals surface area (Å²) in [5.41, 5.74) is 2.06. The van der Waals surface area contributed by atoms with Crippen LogP contribution in [0.25, 0.3) is 0 Å². The van der Waals surface area contributed by atoms with Crippen LogP contribution in [-0.4, -0.2) is 31.5 Å². The van der Waals surface area contributed by atoms with Gasteiger partial charge >= 0.3 is 0 Å². The SMILES string of the molecule is OCCOCCNCc1ccc(OCc2ccc(Cl)cc2Cl)cc1. The van der Waals surface area contributed by atoms with Crippen molar-refractivity contribution in [3.63, 3.8) is 0 Å². The molecule has 24 heavy (non-hydrogen) atoms. The Hall–Kier alpha value is -1.30. The number of halogens is 2. The Kier molecular flexibility index (Phi) is 8.36. The molecule has 0 atom stereocenters. The lowest BCUT2D eigenvalue weighted by Gasteiger charge is -2.09. The van der Waals surface area contributed by atoms with Crippen LogP contribution < -0.4 is 10.1 Å². The molecule has 0 aliphatic carbocycles. The summed E-state index contributed by atoms with van der Waals surface area (Å²) in [7, 11) is 0. The molecule has 0 heterocycles. The number of ether oxygens (including phenoxy) is 2. The van der Waals surface area contributed by atoms with E-state index in [1.54, 1.807) is 12.1 Å². The lowest BCUT2D eigenvalue weighted by Crippen LogP contribution is -2.19. The Labute approximate surface area is 152 Å². The van der Waals surface area contributed by atoms with E-state index in [-0.39, 0.29) is 6.61 Å². The third-order valence-corrected chi connectivity index (χ3v) is 3.91. The maximum atomic E-state index is 8.60. The predicted octanol–water partition coefficient (Wildman–Crippen LogP) is 3.67. The summed E-state index contributed by atoms with van der Waals surface area (Å²) in [5, 5.41) is 13.1. The lowest BCUT2D eigenvalue weighted by molar-refractivity contribution is 0.0938. The van der Waals surface area contributed by atoms with E-state index in [4.69, 9.17) is 37.8 Å². The molecule has 0 aliphatic heterocycles.